The van der Waals surface area contributed by atoms with Crippen molar-refractivity contribution in [2.24, 2.45) is 11.7 Å². The van der Waals surface area contributed by atoms with E-state index >= 15 is 0 Å². The second kappa shape index (κ2) is 3.75. The first-order chi connectivity index (χ1) is 5.84. The maximum absolute atomic E-state index is 5.67. The van der Waals surface area contributed by atoms with Gasteiger partial charge in [-0.05, 0) is 25.2 Å². The van der Waals surface area contributed by atoms with Gasteiger partial charge in [0.15, 0.2) is 0 Å². The first-order valence-electron chi connectivity index (χ1n) is 5.22. The van der Waals surface area contributed by atoms with Crippen LogP contribution in [0.5, 0.6) is 0 Å². The van der Waals surface area contributed by atoms with Crippen molar-refractivity contribution >= 4 is 0 Å². The molecule has 0 aromatic heterocycles. The minimum Gasteiger partial charge on any atom is -0.378 e. The Balaban J connectivity index is 1.46. The van der Waals surface area contributed by atoms with E-state index in [-0.39, 0.29) is 0 Å². The average molecular weight is 169 g/mol. The fraction of sp³-hybridized carbons (Fsp3) is 1.00. The summed E-state index contributed by atoms with van der Waals surface area (Å²) < 4.78 is 5.67. The summed E-state index contributed by atoms with van der Waals surface area (Å²) in [6, 6.07) is 0.429. The second-order valence-electron chi connectivity index (χ2n) is 4.31. The smallest absolute Gasteiger partial charge is 0.0604 e. The van der Waals surface area contributed by atoms with Gasteiger partial charge in [0.25, 0.3) is 0 Å². The molecule has 0 spiro atoms. The summed E-state index contributed by atoms with van der Waals surface area (Å²) in [7, 11) is 0. The molecule has 0 bridgehead atoms. The molecule has 12 heavy (non-hydrogen) atoms. The Morgan fingerprint density at radius 3 is 2.50 bits per heavy atom. The maximum atomic E-state index is 5.67. The molecule has 2 aliphatic carbocycles. The highest BCUT2D eigenvalue weighted by Gasteiger charge is 2.26. The first kappa shape index (κ1) is 8.52. The normalized spacial score (nSPS) is 35.8. The number of hydrogen-bond donors (Lipinski definition) is 1. The van der Waals surface area contributed by atoms with Gasteiger partial charge in [-0.25, -0.2) is 0 Å². The van der Waals surface area contributed by atoms with Gasteiger partial charge in [0.05, 0.1) is 6.10 Å². The summed E-state index contributed by atoms with van der Waals surface area (Å²) in [6.07, 6.45) is 8.28. The van der Waals surface area contributed by atoms with Gasteiger partial charge >= 0.3 is 0 Å². The van der Waals surface area contributed by atoms with E-state index in [0.29, 0.717) is 12.1 Å². The molecule has 0 aliphatic heterocycles. The predicted octanol–water partition coefficient (Wildman–Crippen LogP) is 1.68. The minimum atomic E-state index is 0.429. The molecule has 70 valence electrons. The van der Waals surface area contributed by atoms with Gasteiger partial charge in [-0.3, -0.25) is 0 Å². The predicted molar refractivity (Wildman–Crippen MR) is 48.9 cm³/mol. The third-order valence-corrected chi connectivity index (χ3v) is 3.24. The Hall–Kier alpha value is -0.0800. The van der Waals surface area contributed by atoms with Crippen LogP contribution in [-0.4, -0.2) is 18.8 Å². The quantitative estimate of drug-likeness (QED) is 0.695. The molecule has 0 aromatic carbocycles. The molecular formula is C10H19NO. The number of nitrogens with two attached hydrogens (primary N) is 1. The van der Waals surface area contributed by atoms with Crippen molar-refractivity contribution < 1.29 is 4.74 Å². The van der Waals surface area contributed by atoms with Crippen LogP contribution < -0.4 is 5.73 Å². The van der Waals surface area contributed by atoms with Crippen molar-refractivity contribution in [1.29, 1.82) is 0 Å². The van der Waals surface area contributed by atoms with Crippen LogP contribution in [0.25, 0.3) is 0 Å². The topological polar surface area (TPSA) is 35.2 Å². The highest BCUT2D eigenvalue weighted by atomic mass is 16.5. The van der Waals surface area contributed by atoms with Crippen LogP contribution in [-0.2, 0) is 4.74 Å². The molecule has 0 atom stereocenters. The Bertz CT molecular complexity index is 139. The van der Waals surface area contributed by atoms with E-state index in [2.05, 4.69) is 0 Å². The molecule has 0 unspecified atom stereocenters. The van der Waals surface area contributed by atoms with Crippen LogP contribution in [0.15, 0.2) is 0 Å². The molecular weight excluding hydrogens is 150 g/mol. The lowest BCUT2D eigenvalue weighted by Gasteiger charge is -2.33. The van der Waals surface area contributed by atoms with Gasteiger partial charge in [-0.15, -0.1) is 0 Å². The Labute approximate surface area is 74.5 Å². The van der Waals surface area contributed by atoms with E-state index in [1.54, 1.807) is 0 Å². The van der Waals surface area contributed by atoms with E-state index in [1.807, 2.05) is 0 Å². The SMILES string of the molecule is NC1CC(OCCC2CCC2)C1. The van der Waals surface area contributed by atoms with Gasteiger partial charge in [0.2, 0.25) is 0 Å². The van der Waals surface area contributed by atoms with Crippen molar-refractivity contribution in [1.82, 2.24) is 0 Å². The molecule has 0 saturated heterocycles. The lowest BCUT2D eigenvalue weighted by molar-refractivity contribution is -0.0172. The van der Waals surface area contributed by atoms with Crippen molar-refractivity contribution in [3.63, 3.8) is 0 Å². The summed E-state index contributed by atoms with van der Waals surface area (Å²) in [6.45, 7) is 0.974. The van der Waals surface area contributed by atoms with Crippen molar-refractivity contribution in [3.8, 4) is 0 Å². The van der Waals surface area contributed by atoms with Crippen molar-refractivity contribution in [2.75, 3.05) is 6.61 Å². The van der Waals surface area contributed by atoms with Gasteiger partial charge < -0.3 is 10.5 Å². The third kappa shape index (κ3) is 1.99. The van der Waals surface area contributed by atoms with Gasteiger partial charge in [0.1, 0.15) is 0 Å². The molecule has 2 heteroatoms. The summed E-state index contributed by atoms with van der Waals surface area (Å²) in [5.41, 5.74) is 5.66. The zero-order chi connectivity index (χ0) is 8.39. The third-order valence-electron chi connectivity index (χ3n) is 3.24. The van der Waals surface area contributed by atoms with E-state index in [1.165, 1.54) is 25.7 Å². The second-order valence-corrected chi connectivity index (χ2v) is 4.31. The highest BCUT2D eigenvalue weighted by Crippen LogP contribution is 2.30. The lowest BCUT2D eigenvalue weighted by atomic mass is 9.83. The zero-order valence-corrected chi connectivity index (χ0v) is 7.67. The summed E-state index contributed by atoms with van der Waals surface area (Å²) in [4.78, 5) is 0. The fourth-order valence-corrected chi connectivity index (χ4v) is 1.93. The van der Waals surface area contributed by atoms with Gasteiger partial charge in [-0.2, -0.15) is 0 Å². The van der Waals surface area contributed by atoms with Crippen LogP contribution in [0.2, 0.25) is 0 Å². The molecule has 2 rings (SSSR count). The van der Waals surface area contributed by atoms with Gasteiger partial charge in [0, 0.05) is 12.6 Å². The molecule has 0 aromatic rings. The molecule has 2 saturated carbocycles. The van der Waals surface area contributed by atoms with E-state index in [0.717, 1.165) is 25.4 Å². The lowest BCUT2D eigenvalue weighted by Crippen LogP contribution is -2.41. The molecule has 0 amide bonds. The maximum Gasteiger partial charge on any atom is 0.0604 e. The Kier molecular flexibility index (Phi) is 2.66. The number of ether oxygens (including phenoxy) is 1. The Morgan fingerprint density at radius 1 is 1.25 bits per heavy atom. The minimum absolute atomic E-state index is 0.429. The van der Waals surface area contributed by atoms with Crippen molar-refractivity contribution in [2.45, 2.75) is 50.7 Å². The standard InChI is InChI=1S/C10H19NO/c11-9-6-10(7-9)12-5-4-8-2-1-3-8/h8-10H,1-7,11H2. The number of hydrogen-bond acceptors (Lipinski definition) is 2. The monoisotopic (exact) mass is 169 g/mol. The van der Waals surface area contributed by atoms with Crippen LogP contribution >= 0.6 is 0 Å². The average Bonchev–Trinajstić information content (AvgIpc) is 1.90. The summed E-state index contributed by atoms with van der Waals surface area (Å²) in [5, 5.41) is 0. The Morgan fingerprint density at radius 2 is 2.00 bits per heavy atom. The molecule has 2 fully saturated rings. The first-order valence-corrected chi connectivity index (χ1v) is 5.22. The van der Waals surface area contributed by atoms with Crippen molar-refractivity contribution in [3.05, 3.63) is 0 Å². The van der Waals surface area contributed by atoms with E-state index < -0.39 is 0 Å². The molecule has 2 nitrogen and oxygen atoms in total. The molecule has 2 aliphatic rings. The largest absolute Gasteiger partial charge is 0.378 e. The van der Waals surface area contributed by atoms with Crippen LogP contribution in [0, 0.1) is 5.92 Å². The molecule has 0 radical (unpaired) electrons. The van der Waals surface area contributed by atoms with Gasteiger partial charge in [-0.1, -0.05) is 19.3 Å². The molecule has 0 heterocycles. The summed E-state index contributed by atoms with van der Waals surface area (Å²) in [5.74, 6) is 0.985. The van der Waals surface area contributed by atoms with Crippen LogP contribution in [0.4, 0.5) is 0 Å². The van der Waals surface area contributed by atoms with E-state index in [4.69, 9.17) is 10.5 Å². The summed E-state index contributed by atoms with van der Waals surface area (Å²) >= 11 is 0. The zero-order valence-electron chi connectivity index (χ0n) is 7.67. The number of rotatable bonds is 4. The highest BCUT2D eigenvalue weighted by molar-refractivity contribution is 4.83. The fourth-order valence-electron chi connectivity index (χ4n) is 1.93. The van der Waals surface area contributed by atoms with Crippen LogP contribution in [0.1, 0.15) is 38.5 Å². The van der Waals surface area contributed by atoms with E-state index in [9.17, 15) is 0 Å². The molecule has 2 N–H and O–H groups in total. The van der Waals surface area contributed by atoms with Crippen LogP contribution in [0.3, 0.4) is 0 Å².